The van der Waals surface area contributed by atoms with Gasteiger partial charge in [-0.05, 0) is 26.0 Å². The van der Waals surface area contributed by atoms with E-state index < -0.39 is 15.6 Å². The van der Waals surface area contributed by atoms with Crippen LogP contribution in [-0.4, -0.2) is 27.6 Å². The van der Waals surface area contributed by atoms with Crippen LogP contribution in [0.2, 0.25) is 0 Å². The van der Waals surface area contributed by atoms with Crippen molar-refractivity contribution in [1.82, 2.24) is 4.72 Å². The summed E-state index contributed by atoms with van der Waals surface area (Å²) in [6, 6.07) is 6.45. The summed E-state index contributed by atoms with van der Waals surface area (Å²) in [5.41, 5.74) is 5.13. The molecule has 17 heavy (non-hydrogen) atoms. The molecule has 0 fully saturated rings. The first-order valence-electron chi connectivity index (χ1n) is 5.18. The molecule has 0 aliphatic carbocycles. The molecular formula is C11H18N2O3S. The smallest absolute Gasteiger partial charge is 0.244 e. The minimum absolute atomic E-state index is 0.117. The van der Waals surface area contributed by atoms with Gasteiger partial charge in [-0.1, -0.05) is 12.1 Å². The maximum absolute atomic E-state index is 12.0. The van der Waals surface area contributed by atoms with E-state index in [4.69, 9.17) is 10.5 Å². The number of para-hydroxylation sites is 1. The Morgan fingerprint density at radius 3 is 2.47 bits per heavy atom. The van der Waals surface area contributed by atoms with Crippen molar-refractivity contribution in [1.29, 1.82) is 0 Å². The largest absolute Gasteiger partial charge is 0.495 e. The second kappa shape index (κ2) is 5.03. The predicted molar refractivity (Wildman–Crippen MR) is 66.4 cm³/mol. The Labute approximate surface area is 102 Å². The third-order valence-corrected chi connectivity index (χ3v) is 3.52. The lowest BCUT2D eigenvalue weighted by atomic mass is 10.1. The van der Waals surface area contributed by atoms with Crippen molar-refractivity contribution in [2.24, 2.45) is 5.73 Å². The van der Waals surface area contributed by atoms with Crippen LogP contribution in [0.3, 0.4) is 0 Å². The lowest BCUT2D eigenvalue weighted by molar-refractivity contribution is 0.402. The quantitative estimate of drug-likeness (QED) is 0.815. The summed E-state index contributed by atoms with van der Waals surface area (Å²) in [4.78, 5) is 0.117. The molecule has 0 saturated heterocycles. The second-order valence-corrected chi connectivity index (χ2v) is 6.20. The zero-order valence-electron chi connectivity index (χ0n) is 10.2. The molecular weight excluding hydrogens is 240 g/mol. The van der Waals surface area contributed by atoms with Gasteiger partial charge in [0.05, 0.1) is 7.11 Å². The van der Waals surface area contributed by atoms with Gasteiger partial charge in [0.25, 0.3) is 0 Å². The summed E-state index contributed by atoms with van der Waals surface area (Å²) in [5.74, 6) is 0.315. The number of nitrogens with two attached hydrogens (primary N) is 1. The van der Waals surface area contributed by atoms with Crippen LogP contribution in [0.25, 0.3) is 0 Å². The van der Waals surface area contributed by atoms with Gasteiger partial charge in [0.1, 0.15) is 10.6 Å². The fourth-order valence-corrected chi connectivity index (χ4v) is 2.59. The topological polar surface area (TPSA) is 81.4 Å². The van der Waals surface area contributed by atoms with E-state index in [0.717, 1.165) is 0 Å². The first-order valence-corrected chi connectivity index (χ1v) is 6.66. The Balaban J connectivity index is 2.98. The molecule has 0 spiro atoms. The predicted octanol–water partition coefficient (Wildman–Crippen LogP) is 0.711. The molecule has 0 atom stereocenters. The zero-order chi connectivity index (χ0) is 13.1. The lowest BCUT2D eigenvalue weighted by Crippen LogP contribution is -2.45. The Morgan fingerprint density at radius 1 is 1.35 bits per heavy atom. The van der Waals surface area contributed by atoms with Gasteiger partial charge in [-0.3, -0.25) is 0 Å². The molecule has 0 saturated carbocycles. The molecule has 0 unspecified atom stereocenters. The van der Waals surface area contributed by atoms with Crippen molar-refractivity contribution in [2.75, 3.05) is 13.7 Å². The fourth-order valence-electron chi connectivity index (χ4n) is 1.20. The van der Waals surface area contributed by atoms with Crippen LogP contribution < -0.4 is 15.2 Å². The van der Waals surface area contributed by atoms with Crippen LogP contribution in [0.4, 0.5) is 0 Å². The zero-order valence-corrected chi connectivity index (χ0v) is 11.0. The van der Waals surface area contributed by atoms with Gasteiger partial charge in [-0.2, -0.15) is 0 Å². The molecule has 96 valence electrons. The van der Waals surface area contributed by atoms with Gasteiger partial charge in [0, 0.05) is 12.1 Å². The van der Waals surface area contributed by atoms with Crippen LogP contribution in [0.5, 0.6) is 5.75 Å². The van der Waals surface area contributed by atoms with Crippen molar-refractivity contribution >= 4 is 10.0 Å². The van der Waals surface area contributed by atoms with Gasteiger partial charge in [-0.15, -0.1) is 0 Å². The third kappa shape index (κ3) is 3.99. The molecule has 0 bridgehead atoms. The molecule has 1 aromatic rings. The highest BCUT2D eigenvalue weighted by Crippen LogP contribution is 2.22. The number of rotatable bonds is 5. The van der Waals surface area contributed by atoms with Crippen LogP contribution in [0, 0.1) is 0 Å². The molecule has 0 amide bonds. The normalized spacial score (nSPS) is 12.5. The minimum atomic E-state index is -3.59. The molecule has 3 N–H and O–H groups in total. The van der Waals surface area contributed by atoms with Crippen molar-refractivity contribution in [3.63, 3.8) is 0 Å². The molecule has 0 radical (unpaired) electrons. The monoisotopic (exact) mass is 258 g/mol. The van der Waals surface area contributed by atoms with Crippen molar-refractivity contribution in [2.45, 2.75) is 24.3 Å². The number of methoxy groups -OCH3 is 1. The minimum Gasteiger partial charge on any atom is -0.495 e. The summed E-state index contributed by atoms with van der Waals surface area (Å²) in [6.07, 6.45) is 0. The average Bonchev–Trinajstić information content (AvgIpc) is 2.26. The van der Waals surface area contributed by atoms with Crippen molar-refractivity contribution in [3.05, 3.63) is 24.3 Å². The summed E-state index contributed by atoms with van der Waals surface area (Å²) in [5, 5.41) is 0. The SMILES string of the molecule is COc1ccccc1S(=O)(=O)NCC(C)(C)N. The second-order valence-electron chi connectivity index (χ2n) is 4.46. The molecule has 1 aromatic carbocycles. The first-order chi connectivity index (χ1) is 7.76. The van der Waals surface area contributed by atoms with Gasteiger partial charge in [-0.25, -0.2) is 13.1 Å². The Morgan fingerprint density at radius 2 is 1.94 bits per heavy atom. The van der Waals surface area contributed by atoms with E-state index in [-0.39, 0.29) is 11.4 Å². The standard InChI is InChI=1S/C11H18N2O3S/c1-11(2,12)8-13-17(14,15)10-7-5-4-6-9(10)16-3/h4-7,13H,8,12H2,1-3H3. The Kier molecular flexibility index (Phi) is 4.13. The Hall–Kier alpha value is -1.11. The summed E-state index contributed by atoms with van der Waals surface area (Å²) >= 11 is 0. The first kappa shape index (κ1) is 14.0. The molecule has 0 aliphatic heterocycles. The molecule has 6 heteroatoms. The van der Waals surface area contributed by atoms with Gasteiger partial charge in [0.2, 0.25) is 10.0 Å². The number of nitrogens with one attached hydrogen (secondary N) is 1. The molecule has 0 aliphatic rings. The van der Waals surface area contributed by atoms with Crippen LogP contribution in [0.15, 0.2) is 29.2 Å². The fraction of sp³-hybridized carbons (Fsp3) is 0.455. The lowest BCUT2D eigenvalue weighted by Gasteiger charge is -2.19. The van der Waals surface area contributed by atoms with Gasteiger partial charge < -0.3 is 10.5 Å². The Bertz CT molecular complexity index is 478. The maximum atomic E-state index is 12.0. The van der Waals surface area contributed by atoms with E-state index in [1.165, 1.54) is 13.2 Å². The maximum Gasteiger partial charge on any atom is 0.244 e. The number of sulfonamides is 1. The van der Waals surface area contributed by atoms with Crippen LogP contribution in [0.1, 0.15) is 13.8 Å². The number of hydrogen-bond donors (Lipinski definition) is 2. The third-order valence-electron chi connectivity index (χ3n) is 2.08. The van der Waals surface area contributed by atoms with Crippen LogP contribution >= 0.6 is 0 Å². The number of ether oxygens (including phenoxy) is 1. The highest BCUT2D eigenvalue weighted by atomic mass is 32.2. The van der Waals surface area contributed by atoms with E-state index in [9.17, 15) is 8.42 Å². The number of hydrogen-bond acceptors (Lipinski definition) is 4. The highest BCUT2D eigenvalue weighted by Gasteiger charge is 2.21. The van der Waals surface area contributed by atoms with E-state index in [0.29, 0.717) is 5.75 Å². The summed E-state index contributed by atoms with van der Waals surface area (Å²) < 4.78 is 31.5. The van der Waals surface area contributed by atoms with Gasteiger partial charge in [0.15, 0.2) is 0 Å². The van der Waals surface area contributed by atoms with Crippen molar-refractivity contribution in [3.8, 4) is 5.75 Å². The molecule has 1 rings (SSSR count). The molecule has 0 heterocycles. The summed E-state index contributed by atoms with van der Waals surface area (Å²) in [7, 11) is -2.16. The van der Waals surface area contributed by atoms with Crippen LogP contribution in [-0.2, 0) is 10.0 Å². The van der Waals surface area contributed by atoms with E-state index in [1.807, 2.05) is 0 Å². The van der Waals surface area contributed by atoms with E-state index in [1.54, 1.807) is 32.0 Å². The average molecular weight is 258 g/mol. The van der Waals surface area contributed by atoms with Gasteiger partial charge >= 0.3 is 0 Å². The van der Waals surface area contributed by atoms with Crippen molar-refractivity contribution < 1.29 is 13.2 Å². The van der Waals surface area contributed by atoms with E-state index >= 15 is 0 Å². The summed E-state index contributed by atoms with van der Waals surface area (Å²) in [6.45, 7) is 3.66. The highest BCUT2D eigenvalue weighted by molar-refractivity contribution is 7.89. The molecule has 5 nitrogen and oxygen atoms in total. The molecule has 0 aromatic heterocycles. The number of benzene rings is 1. The van der Waals surface area contributed by atoms with E-state index in [2.05, 4.69) is 4.72 Å².